The molecule has 2 aliphatic rings. The molecule has 0 saturated carbocycles. The summed E-state index contributed by atoms with van der Waals surface area (Å²) in [6.45, 7) is -0.506. The number of aromatic hydroxyl groups is 1. The highest BCUT2D eigenvalue weighted by Gasteiger charge is 2.57. The van der Waals surface area contributed by atoms with Crippen LogP contribution < -0.4 is 20.2 Å². The zero-order valence-electron chi connectivity index (χ0n) is 23.1. The van der Waals surface area contributed by atoms with E-state index in [1.807, 2.05) is 0 Å². The van der Waals surface area contributed by atoms with Crippen molar-refractivity contribution in [2.45, 2.75) is 33.8 Å². The van der Waals surface area contributed by atoms with Crippen molar-refractivity contribution in [3.8, 4) is 5.75 Å². The van der Waals surface area contributed by atoms with Gasteiger partial charge in [0.1, 0.15) is 17.5 Å². The van der Waals surface area contributed by atoms with Crippen molar-refractivity contribution < 1.29 is 41.1 Å². The molecular weight excluding hydrogens is 670 g/mol. The number of phenols is 1. The van der Waals surface area contributed by atoms with Crippen molar-refractivity contribution in [2.75, 3.05) is 10.2 Å². The number of rotatable bonds is 6. The molecule has 4 aromatic rings. The third-order valence-corrected chi connectivity index (χ3v) is 11.0. The molecule has 11 nitrogen and oxygen atoms in total. The minimum Gasteiger partial charge on any atom is -0.508 e. The molecule has 1 aromatic heterocycles. The van der Waals surface area contributed by atoms with Gasteiger partial charge in [0.15, 0.2) is 0 Å². The molecular formula is C29H21F3N4O7S3. The van der Waals surface area contributed by atoms with Gasteiger partial charge in [-0.25, -0.2) is 18.5 Å². The van der Waals surface area contributed by atoms with E-state index < -0.39 is 68.0 Å². The maximum Gasteiger partial charge on any atom is 0.416 e. The number of hydrogen-bond acceptors (Lipinski definition) is 9. The van der Waals surface area contributed by atoms with Crippen molar-refractivity contribution in [2.24, 2.45) is 11.1 Å². The molecule has 2 aliphatic heterocycles. The number of nitrogens with one attached hydrogen (secondary N) is 1. The minimum atomic E-state index is -4.72. The highest BCUT2D eigenvalue weighted by Crippen LogP contribution is 2.54. The summed E-state index contributed by atoms with van der Waals surface area (Å²) < 4.78 is 64.6. The minimum absolute atomic E-state index is 0.0790. The van der Waals surface area contributed by atoms with Crippen LogP contribution in [-0.2, 0) is 37.1 Å². The van der Waals surface area contributed by atoms with Crippen molar-refractivity contribution in [3.63, 3.8) is 0 Å². The van der Waals surface area contributed by atoms with E-state index in [1.165, 1.54) is 54.6 Å². The quantitative estimate of drug-likeness (QED) is 0.257. The number of amides is 3. The van der Waals surface area contributed by atoms with Gasteiger partial charge < -0.3 is 10.4 Å². The van der Waals surface area contributed by atoms with Crippen LogP contribution in [-0.4, -0.2) is 41.1 Å². The number of halogens is 3. The standard InChI is InChI=1S/C29H21F3N4O7S3/c30-29(31,32)15-2-1-3-17(12-15)36-25(39)22-21(14-4-8-18(37)9-5-14)24-27(44-23(22)26(36)40)35(28(41)45-24)13-20(38)34-16-6-10-19(11-7-16)46(33,42)43/h1-12,21-23,37H,13H2,(H,34,38)(H2,33,42,43)/t21-,22+,23-/m0/s1. The molecule has 6 rings (SSSR count). The van der Waals surface area contributed by atoms with Crippen LogP contribution in [0.2, 0.25) is 0 Å². The lowest BCUT2D eigenvalue weighted by atomic mass is 9.83. The molecule has 1 saturated heterocycles. The second-order valence-electron chi connectivity index (χ2n) is 10.4. The van der Waals surface area contributed by atoms with Gasteiger partial charge in [0.05, 0.1) is 27.1 Å². The Bertz CT molecular complexity index is 2060. The fraction of sp³-hybridized carbons (Fsp3) is 0.172. The van der Waals surface area contributed by atoms with E-state index in [0.717, 1.165) is 50.8 Å². The summed E-state index contributed by atoms with van der Waals surface area (Å²) in [5.74, 6) is -4.28. The molecule has 3 heterocycles. The van der Waals surface area contributed by atoms with Crippen LogP contribution in [0.1, 0.15) is 21.9 Å². The van der Waals surface area contributed by atoms with Gasteiger partial charge in [-0.2, -0.15) is 13.2 Å². The van der Waals surface area contributed by atoms with Crippen molar-refractivity contribution >= 4 is 62.2 Å². The number of thiazole rings is 1. The number of aromatic nitrogens is 1. The maximum absolute atomic E-state index is 13.9. The van der Waals surface area contributed by atoms with Gasteiger partial charge in [0.2, 0.25) is 27.7 Å². The molecule has 46 heavy (non-hydrogen) atoms. The van der Waals surface area contributed by atoms with Crippen molar-refractivity contribution in [1.82, 2.24) is 4.57 Å². The smallest absolute Gasteiger partial charge is 0.416 e. The van der Waals surface area contributed by atoms with Crippen LogP contribution in [0, 0.1) is 5.92 Å². The molecule has 4 N–H and O–H groups in total. The van der Waals surface area contributed by atoms with Gasteiger partial charge in [0, 0.05) is 16.5 Å². The number of carbonyl (C=O) groups excluding carboxylic acids is 3. The van der Waals surface area contributed by atoms with E-state index in [1.54, 1.807) is 0 Å². The van der Waals surface area contributed by atoms with Gasteiger partial charge >= 0.3 is 11.0 Å². The number of alkyl halides is 3. The monoisotopic (exact) mass is 690 g/mol. The Morgan fingerprint density at radius 2 is 1.65 bits per heavy atom. The first-order valence-electron chi connectivity index (χ1n) is 13.3. The largest absolute Gasteiger partial charge is 0.508 e. The Hall–Kier alpha value is -4.45. The molecule has 17 heteroatoms. The van der Waals surface area contributed by atoms with Crippen LogP contribution in [0.5, 0.6) is 5.75 Å². The average Bonchev–Trinajstić information content (AvgIpc) is 3.43. The second kappa shape index (κ2) is 11.4. The molecule has 238 valence electrons. The number of sulfonamides is 1. The van der Waals surface area contributed by atoms with Crippen molar-refractivity contribution in [1.29, 1.82) is 0 Å². The summed E-state index contributed by atoms with van der Waals surface area (Å²) in [5, 5.41) is 16.6. The van der Waals surface area contributed by atoms with E-state index in [-0.39, 0.29) is 27.0 Å². The van der Waals surface area contributed by atoms with Crippen LogP contribution in [0.3, 0.4) is 0 Å². The first-order valence-corrected chi connectivity index (χ1v) is 16.5. The lowest BCUT2D eigenvalue weighted by Crippen LogP contribution is -2.33. The Morgan fingerprint density at radius 3 is 2.28 bits per heavy atom. The molecule has 0 unspecified atom stereocenters. The number of primary sulfonamides is 1. The second-order valence-corrected chi connectivity index (χ2v) is 14.1. The van der Waals surface area contributed by atoms with E-state index in [9.17, 15) is 45.9 Å². The predicted molar refractivity (Wildman–Crippen MR) is 162 cm³/mol. The zero-order chi connectivity index (χ0) is 33.1. The molecule has 0 bridgehead atoms. The topological polar surface area (TPSA) is 169 Å². The normalized spacial score (nSPS) is 19.6. The third-order valence-electron chi connectivity index (χ3n) is 7.50. The number of phenolic OH excluding ortho intramolecular Hbond substituents is 1. The number of fused-ring (bicyclic) bond motifs is 2. The molecule has 3 amide bonds. The lowest BCUT2D eigenvalue weighted by Gasteiger charge is -2.30. The molecule has 3 aromatic carbocycles. The fourth-order valence-corrected chi connectivity index (χ4v) is 8.73. The predicted octanol–water partition coefficient (Wildman–Crippen LogP) is 3.72. The summed E-state index contributed by atoms with van der Waals surface area (Å²) >= 11 is 1.64. The molecule has 0 radical (unpaired) electrons. The van der Waals surface area contributed by atoms with Crippen LogP contribution in [0.25, 0.3) is 0 Å². The van der Waals surface area contributed by atoms with Gasteiger partial charge in [0.25, 0.3) is 0 Å². The van der Waals surface area contributed by atoms with Gasteiger partial charge in [-0.1, -0.05) is 41.3 Å². The maximum atomic E-state index is 13.9. The number of nitrogens with two attached hydrogens (primary N) is 1. The number of anilines is 2. The van der Waals surface area contributed by atoms with Crippen LogP contribution in [0.15, 0.2) is 87.5 Å². The SMILES string of the molecule is NS(=O)(=O)c1ccc(NC(=O)Cn2c3c(sc2=O)[C@@H](c2ccc(O)cc2)[C@H]2C(=O)N(c4cccc(C(F)(F)F)c4)C(=O)[C@H]2S3)cc1. The summed E-state index contributed by atoms with van der Waals surface area (Å²) in [6, 6.07) is 14.7. The molecule has 3 atom stereocenters. The number of carbonyl (C=O) groups is 3. The van der Waals surface area contributed by atoms with Gasteiger partial charge in [-0.05, 0) is 60.2 Å². The van der Waals surface area contributed by atoms with Gasteiger partial charge in [-0.15, -0.1) is 0 Å². The number of nitrogens with zero attached hydrogens (tertiary/aromatic N) is 2. The highest BCUT2D eigenvalue weighted by atomic mass is 32.2. The number of imide groups is 1. The summed E-state index contributed by atoms with van der Waals surface area (Å²) in [7, 11) is -3.96. The highest BCUT2D eigenvalue weighted by molar-refractivity contribution is 8.00. The third kappa shape index (κ3) is 5.70. The van der Waals surface area contributed by atoms with E-state index in [4.69, 9.17) is 5.14 Å². The Labute approximate surface area is 266 Å². The summed E-state index contributed by atoms with van der Waals surface area (Å²) in [6.07, 6.45) is -4.72. The van der Waals surface area contributed by atoms with E-state index >= 15 is 0 Å². The average molecular weight is 691 g/mol. The summed E-state index contributed by atoms with van der Waals surface area (Å²) in [5.41, 5.74) is -0.606. The fourth-order valence-electron chi connectivity index (χ4n) is 5.44. The first-order chi connectivity index (χ1) is 21.6. The summed E-state index contributed by atoms with van der Waals surface area (Å²) in [4.78, 5) is 54.3. The van der Waals surface area contributed by atoms with E-state index in [0.29, 0.717) is 10.4 Å². The Balaban J connectivity index is 1.37. The number of thioether (sulfide) groups is 1. The molecule has 0 aliphatic carbocycles. The number of benzene rings is 3. The van der Waals surface area contributed by atoms with Crippen LogP contribution in [0.4, 0.5) is 24.5 Å². The first kappa shape index (κ1) is 31.5. The molecule has 0 spiro atoms. The zero-order valence-corrected chi connectivity index (χ0v) is 25.5. The Morgan fingerprint density at radius 1 is 0.978 bits per heavy atom. The lowest BCUT2D eigenvalue weighted by molar-refractivity contribution is -0.137. The Kier molecular flexibility index (Phi) is 7.82. The van der Waals surface area contributed by atoms with Crippen molar-refractivity contribution in [3.05, 3.63) is 98.5 Å². The number of hydrogen-bond donors (Lipinski definition) is 3. The van der Waals surface area contributed by atoms with E-state index in [2.05, 4.69) is 5.32 Å². The van der Waals surface area contributed by atoms with Crippen LogP contribution >= 0.6 is 23.1 Å². The molecule has 1 fully saturated rings. The van der Waals surface area contributed by atoms with Gasteiger partial charge in [-0.3, -0.25) is 23.7 Å².